The van der Waals surface area contributed by atoms with Gasteiger partial charge in [0.05, 0.1) is 23.0 Å². The third-order valence-electron chi connectivity index (χ3n) is 9.59. The quantitative estimate of drug-likeness (QED) is 0.0534. The molecular formula is C45H32N6O10. The summed E-state index contributed by atoms with van der Waals surface area (Å²) < 4.78 is 25.5. The molecule has 1 aliphatic heterocycles. The lowest BCUT2D eigenvalue weighted by atomic mass is 10.1. The fourth-order valence-corrected chi connectivity index (χ4v) is 6.66. The Labute approximate surface area is 346 Å². The van der Waals surface area contributed by atoms with Gasteiger partial charge < -0.3 is 18.9 Å². The summed E-state index contributed by atoms with van der Waals surface area (Å²) in [4.78, 5) is 95.2. The van der Waals surface area contributed by atoms with Gasteiger partial charge in [0.15, 0.2) is 35.4 Å². The Morgan fingerprint density at radius 1 is 0.590 bits per heavy atom. The van der Waals surface area contributed by atoms with Crippen molar-refractivity contribution >= 4 is 52.7 Å². The van der Waals surface area contributed by atoms with Gasteiger partial charge in [-0.05, 0) is 60.7 Å². The Balaban J connectivity index is 1.25. The molecule has 0 saturated carbocycles. The molecule has 7 aromatic rings. The van der Waals surface area contributed by atoms with Crippen LogP contribution >= 0.6 is 0 Å². The molecule has 0 radical (unpaired) electrons. The summed E-state index contributed by atoms with van der Waals surface area (Å²) in [6.45, 7) is -0.491. The van der Waals surface area contributed by atoms with E-state index >= 15 is 0 Å². The third-order valence-corrected chi connectivity index (χ3v) is 9.59. The highest BCUT2D eigenvalue weighted by Crippen LogP contribution is 2.38. The van der Waals surface area contributed by atoms with E-state index in [1.54, 1.807) is 103 Å². The number of ether oxygens (including phenoxy) is 4. The molecule has 2 amide bonds. The van der Waals surface area contributed by atoms with E-state index in [0.29, 0.717) is 0 Å². The maximum Gasteiger partial charge on any atom is 0.338 e. The van der Waals surface area contributed by atoms with E-state index in [2.05, 4.69) is 20.1 Å². The fourth-order valence-electron chi connectivity index (χ4n) is 6.66. The van der Waals surface area contributed by atoms with E-state index < -0.39 is 72.6 Å². The first-order valence-electron chi connectivity index (χ1n) is 18.8. The molecule has 0 aliphatic carbocycles. The van der Waals surface area contributed by atoms with Crippen LogP contribution in [0.3, 0.4) is 0 Å². The highest BCUT2D eigenvalue weighted by molar-refractivity contribution is 6.27. The maximum absolute atomic E-state index is 14.2. The van der Waals surface area contributed by atoms with E-state index in [1.165, 1.54) is 59.4 Å². The molecule has 302 valence electrons. The van der Waals surface area contributed by atoms with Crippen LogP contribution in [-0.4, -0.2) is 74.2 Å². The zero-order valence-electron chi connectivity index (χ0n) is 31.8. The first kappa shape index (κ1) is 39.6. The van der Waals surface area contributed by atoms with Crippen LogP contribution in [-0.2, 0) is 18.9 Å². The van der Waals surface area contributed by atoms with Crippen molar-refractivity contribution < 1.29 is 42.9 Å². The van der Waals surface area contributed by atoms with Crippen molar-refractivity contribution in [2.24, 2.45) is 5.18 Å². The topological polar surface area (TPSA) is 199 Å². The zero-order chi connectivity index (χ0) is 42.3. The number of imidazole rings is 1. The maximum atomic E-state index is 14.2. The van der Waals surface area contributed by atoms with Crippen molar-refractivity contribution in [3.63, 3.8) is 0 Å². The molecule has 16 heteroatoms. The van der Waals surface area contributed by atoms with Crippen LogP contribution in [0.4, 0.5) is 11.8 Å². The highest BCUT2D eigenvalue weighted by Gasteiger charge is 2.52. The number of rotatable bonds is 12. The first-order chi connectivity index (χ1) is 29.8. The van der Waals surface area contributed by atoms with Gasteiger partial charge in [-0.15, -0.1) is 4.91 Å². The predicted octanol–water partition coefficient (Wildman–Crippen LogP) is 6.92. The van der Waals surface area contributed by atoms with Gasteiger partial charge >= 0.3 is 17.9 Å². The summed E-state index contributed by atoms with van der Waals surface area (Å²) in [5, 5.41) is 2.95. The highest BCUT2D eigenvalue weighted by atomic mass is 16.7. The molecule has 1 aliphatic rings. The molecule has 3 heterocycles. The molecule has 0 spiro atoms. The Morgan fingerprint density at radius 2 is 1.03 bits per heavy atom. The van der Waals surface area contributed by atoms with Crippen molar-refractivity contribution in [2.45, 2.75) is 24.5 Å². The third kappa shape index (κ3) is 8.37. The van der Waals surface area contributed by atoms with Crippen molar-refractivity contribution in [2.75, 3.05) is 11.5 Å². The molecule has 61 heavy (non-hydrogen) atoms. The second-order valence-electron chi connectivity index (χ2n) is 13.4. The van der Waals surface area contributed by atoms with E-state index in [0.717, 1.165) is 4.90 Å². The Morgan fingerprint density at radius 3 is 1.51 bits per heavy atom. The van der Waals surface area contributed by atoms with E-state index in [9.17, 15) is 28.9 Å². The predicted molar refractivity (Wildman–Crippen MR) is 217 cm³/mol. The van der Waals surface area contributed by atoms with Gasteiger partial charge in [-0.2, -0.15) is 9.97 Å². The Kier molecular flexibility index (Phi) is 11.5. The number of aromatic nitrogens is 4. The van der Waals surface area contributed by atoms with Crippen LogP contribution in [0.1, 0.15) is 58.0 Å². The number of benzene rings is 5. The molecule has 0 N–H and O–H groups in total. The molecule has 1 fully saturated rings. The SMILES string of the molecule is O=Nc1nc(N(C(=O)c2ccccc2)C(=O)c2ccccc2)c2ncn(C3OC(COC(=O)c4ccccc4)C(OC(=O)c4ccccc4)C3OC(=O)c3ccccc3)c2n1. The van der Waals surface area contributed by atoms with E-state index in [1.807, 2.05) is 0 Å². The number of carbonyl (C=O) groups is 5. The summed E-state index contributed by atoms with van der Waals surface area (Å²) in [5.74, 6) is -5.04. The number of nitrogens with zero attached hydrogens (tertiary/aromatic N) is 6. The number of carbonyl (C=O) groups excluding carboxylic acids is 5. The van der Waals surface area contributed by atoms with Crippen LogP contribution in [0.15, 0.2) is 163 Å². The minimum absolute atomic E-state index is 0.113. The van der Waals surface area contributed by atoms with Gasteiger partial charge in [0.1, 0.15) is 12.7 Å². The molecule has 4 unspecified atom stereocenters. The van der Waals surface area contributed by atoms with Crippen LogP contribution in [0.25, 0.3) is 11.2 Å². The lowest BCUT2D eigenvalue weighted by Gasteiger charge is -2.25. The van der Waals surface area contributed by atoms with Gasteiger partial charge in [0.2, 0.25) is 0 Å². The Hall–Kier alpha value is -8.24. The van der Waals surface area contributed by atoms with Crippen molar-refractivity contribution in [1.29, 1.82) is 0 Å². The van der Waals surface area contributed by atoms with Gasteiger partial charge in [0, 0.05) is 16.3 Å². The number of anilines is 1. The second-order valence-corrected chi connectivity index (χ2v) is 13.4. The van der Waals surface area contributed by atoms with Crippen LogP contribution in [0, 0.1) is 4.91 Å². The molecule has 16 nitrogen and oxygen atoms in total. The van der Waals surface area contributed by atoms with Gasteiger partial charge in [0.25, 0.3) is 17.8 Å². The van der Waals surface area contributed by atoms with Crippen LogP contribution in [0.5, 0.6) is 0 Å². The standard InChI is InChI=1S/C45H32N6O10/c52-39(28-16-6-1-7-17-28)51(40(53)29-18-8-2-9-19-29)38-34-37(47-45(48-38)49-57)50(27-46-34)41-36(61-44(56)32-24-14-5-15-25-32)35(60-43(55)31-22-12-4-13-23-31)33(59-41)26-58-42(54)30-20-10-3-11-21-30/h1-25,27,33,35-36,41H,26H2. The number of hydrogen-bond donors (Lipinski definition) is 0. The summed E-state index contributed by atoms with van der Waals surface area (Å²) in [5.41, 5.74) is 0.429. The Bertz CT molecular complexity index is 2670. The number of fused-ring (bicyclic) bond motifs is 1. The second kappa shape index (κ2) is 17.7. The summed E-state index contributed by atoms with van der Waals surface area (Å²) >= 11 is 0. The number of esters is 3. The van der Waals surface area contributed by atoms with Crippen molar-refractivity contribution in [3.05, 3.63) is 191 Å². The van der Waals surface area contributed by atoms with Gasteiger partial charge in [-0.1, -0.05) is 91.0 Å². The average molecular weight is 817 g/mol. The number of hydrogen-bond acceptors (Lipinski definition) is 14. The lowest BCUT2D eigenvalue weighted by molar-refractivity contribution is -0.0606. The molecule has 4 atom stereocenters. The first-order valence-corrected chi connectivity index (χ1v) is 18.8. The zero-order valence-corrected chi connectivity index (χ0v) is 31.8. The summed E-state index contributed by atoms with van der Waals surface area (Å²) in [6.07, 6.45) is -4.48. The van der Waals surface area contributed by atoms with Gasteiger partial charge in [-0.3, -0.25) is 14.2 Å². The largest absolute Gasteiger partial charge is 0.459 e. The number of nitroso groups, excluding NO2 is 1. The minimum atomic E-state index is -1.50. The molecular weight excluding hydrogens is 785 g/mol. The van der Waals surface area contributed by atoms with Crippen LogP contribution in [0.2, 0.25) is 0 Å². The summed E-state index contributed by atoms with van der Waals surface area (Å²) in [6, 6.07) is 40.1. The van der Waals surface area contributed by atoms with E-state index in [4.69, 9.17) is 18.9 Å². The molecule has 2 aromatic heterocycles. The normalized spacial score (nSPS) is 16.9. The lowest BCUT2D eigenvalue weighted by Crippen LogP contribution is -2.41. The molecule has 0 bridgehead atoms. The average Bonchev–Trinajstić information content (AvgIpc) is 3.89. The fraction of sp³-hybridized carbons (Fsp3) is 0.111. The van der Waals surface area contributed by atoms with Crippen molar-refractivity contribution in [3.8, 4) is 0 Å². The smallest absolute Gasteiger partial charge is 0.338 e. The monoisotopic (exact) mass is 816 g/mol. The summed E-state index contributed by atoms with van der Waals surface area (Å²) in [7, 11) is 0. The molecule has 1 saturated heterocycles. The van der Waals surface area contributed by atoms with E-state index in [-0.39, 0.29) is 39.0 Å². The van der Waals surface area contributed by atoms with Crippen LogP contribution < -0.4 is 4.90 Å². The van der Waals surface area contributed by atoms with Gasteiger partial charge in [-0.25, -0.2) is 24.3 Å². The number of imide groups is 1. The molecule has 8 rings (SSSR count). The minimum Gasteiger partial charge on any atom is -0.459 e. The van der Waals surface area contributed by atoms with Crippen molar-refractivity contribution in [1.82, 2.24) is 19.5 Å². The molecule has 5 aromatic carbocycles. The number of amides is 2.